The molecule has 0 aliphatic carbocycles. The maximum atomic E-state index is 14.4. The topological polar surface area (TPSA) is 0 Å². The first kappa shape index (κ1) is 32.1. The Labute approximate surface area is 296 Å². The molecule has 0 N–H and O–H groups in total. The summed E-state index contributed by atoms with van der Waals surface area (Å²) in [6.45, 7) is 0. The van der Waals surface area contributed by atoms with Crippen molar-refractivity contribution in [1.29, 1.82) is 0 Å². The average molecular weight is 799 g/mol. The zero-order chi connectivity index (χ0) is 34.9. The van der Waals surface area contributed by atoms with Gasteiger partial charge in [0, 0.05) is 58.8 Å². The fourth-order valence-electron chi connectivity index (χ4n) is 5.69. The Bertz CT molecular complexity index is 2640. The first-order valence-electron chi connectivity index (χ1n) is 14.0. The number of benzene rings is 3. The van der Waals surface area contributed by atoms with Gasteiger partial charge >= 0.3 is 0 Å². The molecule has 250 valence electrons. The minimum Gasteiger partial charge on any atom is -0.203 e. The summed E-state index contributed by atoms with van der Waals surface area (Å²) >= 11 is 7.81. The van der Waals surface area contributed by atoms with E-state index in [1.165, 1.54) is 57.5 Å². The van der Waals surface area contributed by atoms with Gasteiger partial charge in [0.2, 0.25) is 11.6 Å². The molecule has 0 amide bonds. The van der Waals surface area contributed by atoms with Crippen molar-refractivity contribution < 1.29 is 43.9 Å². The van der Waals surface area contributed by atoms with Crippen LogP contribution in [0, 0.1) is 58.2 Å². The Hall–Kier alpha value is -3.80. The highest BCUT2D eigenvalue weighted by molar-refractivity contribution is 7.36. The van der Waals surface area contributed by atoms with E-state index in [1.807, 2.05) is 12.1 Å². The number of hydrogen-bond donors (Lipinski definition) is 0. The number of rotatable bonds is 4. The van der Waals surface area contributed by atoms with E-state index < -0.39 is 69.3 Å². The molecule has 16 heteroatoms. The molecular formula is C34H8F10S6. The molecule has 0 aliphatic rings. The van der Waals surface area contributed by atoms with E-state index in [4.69, 9.17) is 0 Å². The van der Waals surface area contributed by atoms with Crippen LogP contribution in [-0.4, -0.2) is 0 Å². The largest absolute Gasteiger partial charge is 0.203 e. The van der Waals surface area contributed by atoms with Gasteiger partial charge in [0.15, 0.2) is 46.5 Å². The van der Waals surface area contributed by atoms with E-state index in [2.05, 4.69) is 12.1 Å². The second-order valence-electron chi connectivity index (χ2n) is 10.9. The predicted molar refractivity (Wildman–Crippen MR) is 185 cm³/mol. The van der Waals surface area contributed by atoms with Gasteiger partial charge in [-0.05, 0) is 48.5 Å². The zero-order valence-corrected chi connectivity index (χ0v) is 28.7. The quantitative estimate of drug-likeness (QED) is 0.0945. The molecule has 0 nitrogen and oxygen atoms in total. The van der Waals surface area contributed by atoms with Gasteiger partial charge in [-0.1, -0.05) is 0 Å². The summed E-state index contributed by atoms with van der Waals surface area (Å²) in [5.74, 6) is -20.0. The SMILES string of the molecule is Fc1c(F)c(F)c(-c2ccc(-c3cc4sc5cc6c(cc5c4s3)sc3cc(-c4ccc(-c5c(F)c(F)c(F)c(F)c5F)s4)sc36)s2)c(F)c1F. The smallest absolute Gasteiger partial charge is 0.200 e. The molecule has 0 spiro atoms. The van der Waals surface area contributed by atoms with Crippen LogP contribution < -0.4 is 0 Å². The molecule has 0 unspecified atom stereocenters. The highest BCUT2D eigenvalue weighted by Crippen LogP contribution is 2.51. The van der Waals surface area contributed by atoms with Crippen LogP contribution in [0.15, 0.2) is 48.5 Å². The Kier molecular flexibility index (Phi) is 7.29. The van der Waals surface area contributed by atoms with Crippen molar-refractivity contribution in [3.05, 3.63) is 107 Å². The van der Waals surface area contributed by atoms with Crippen LogP contribution in [0.2, 0.25) is 0 Å². The lowest BCUT2D eigenvalue weighted by molar-refractivity contribution is 0.381. The lowest BCUT2D eigenvalue weighted by Crippen LogP contribution is -2.03. The molecule has 9 aromatic rings. The molecule has 0 aliphatic heterocycles. The monoisotopic (exact) mass is 798 g/mol. The third kappa shape index (κ3) is 4.58. The van der Waals surface area contributed by atoms with Crippen molar-refractivity contribution in [3.8, 4) is 40.4 Å². The van der Waals surface area contributed by atoms with Gasteiger partial charge in [-0.15, -0.1) is 68.0 Å². The molecule has 0 fully saturated rings. The molecule has 0 atom stereocenters. The maximum Gasteiger partial charge on any atom is 0.200 e. The highest BCUT2D eigenvalue weighted by atomic mass is 32.1. The predicted octanol–water partition coefficient (Wildman–Crippen LogP) is 14.7. The van der Waals surface area contributed by atoms with Crippen LogP contribution in [0.5, 0.6) is 0 Å². The standard InChI is InChI=1S/C34H8F10S6/c35-23-21(24(36)28(40)31(43)27(23)39)13-3-1-11(45-13)17-7-19-33(49-17)9-5-16-10(6-15(9)47-19)34-20(48-16)8-18(50-34)12-2-4-14(46-12)22-25(37)29(41)32(44)30(42)26(22)38/h1-8H. The van der Waals surface area contributed by atoms with Crippen LogP contribution in [0.3, 0.4) is 0 Å². The Morgan fingerprint density at radius 3 is 0.960 bits per heavy atom. The maximum absolute atomic E-state index is 14.4. The van der Waals surface area contributed by atoms with Crippen molar-refractivity contribution >= 4 is 107 Å². The summed E-state index contributed by atoms with van der Waals surface area (Å²) < 4.78 is 146. The van der Waals surface area contributed by atoms with Gasteiger partial charge in [0.25, 0.3) is 0 Å². The Balaban J connectivity index is 1.07. The number of halogens is 10. The lowest BCUT2D eigenvalue weighted by atomic mass is 10.1. The third-order valence-corrected chi connectivity index (χ3v) is 15.4. The molecule has 9 rings (SSSR count). The number of thiophene rings is 6. The summed E-state index contributed by atoms with van der Waals surface area (Å²) in [6, 6.07) is 13.8. The van der Waals surface area contributed by atoms with E-state index in [9.17, 15) is 43.9 Å². The fraction of sp³-hybridized carbons (Fsp3) is 0. The van der Waals surface area contributed by atoms with Crippen molar-refractivity contribution in [3.63, 3.8) is 0 Å². The van der Waals surface area contributed by atoms with Gasteiger partial charge in [-0.2, -0.15) is 0 Å². The van der Waals surface area contributed by atoms with E-state index in [1.54, 1.807) is 12.1 Å². The second-order valence-corrected chi connectivity index (χ2v) is 17.3. The molecule has 50 heavy (non-hydrogen) atoms. The van der Waals surface area contributed by atoms with Gasteiger partial charge in [-0.3, -0.25) is 0 Å². The Morgan fingerprint density at radius 2 is 0.600 bits per heavy atom. The summed E-state index contributed by atoms with van der Waals surface area (Å²) in [5, 5.41) is 1.98. The van der Waals surface area contributed by atoms with E-state index in [0.717, 1.165) is 71.4 Å². The van der Waals surface area contributed by atoms with Crippen LogP contribution in [0.4, 0.5) is 43.9 Å². The van der Waals surface area contributed by atoms with Crippen molar-refractivity contribution in [1.82, 2.24) is 0 Å². The average Bonchev–Trinajstić information content (AvgIpc) is 3.94. The van der Waals surface area contributed by atoms with Crippen LogP contribution in [-0.2, 0) is 0 Å². The summed E-state index contributed by atoms with van der Waals surface area (Å²) in [5.41, 5.74) is -1.93. The molecule has 6 aromatic heterocycles. The highest BCUT2D eigenvalue weighted by Gasteiger charge is 2.29. The second kappa shape index (κ2) is 11.4. The normalized spacial score (nSPS) is 12.2. The van der Waals surface area contributed by atoms with Crippen LogP contribution in [0.1, 0.15) is 0 Å². The molecule has 0 radical (unpaired) electrons. The molecular weight excluding hydrogens is 791 g/mol. The van der Waals surface area contributed by atoms with Crippen LogP contribution >= 0.6 is 68.0 Å². The molecule has 6 heterocycles. The molecule has 0 bridgehead atoms. The molecule has 0 saturated carbocycles. The summed E-state index contributed by atoms with van der Waals surface area (Å²) in [6.07, 6.45) is 0. The van der Waals surface area contributed by atoms with Gasteiger partial charge in [0.1, 0.15) is 0 Å². The van der Waals surface area contributed by atoms with Gasteiger partial charge in [0.05, 0.1) is 20.5 Å². The van der Waals surface area contributed by atoms with Crippen molar-refractivity contribution in [2.24, 2.45) is 0 Å². The van der Waals surface area contributed by atoms with E-state index >= 15 is 0 Å². The fourth-order valence-corrected chi connectivity index (χ4v) is 13.0. The number of fused-ring (bicyclic) bond motifs is 6. The summed E-state index contributed by atoms with van der Waals surface area (Å²) in [4.78, 5) is 2.56. The zero-order valence-electron chi connectivity index (χ0n) is 23.8. The van der Waals surface area contributed by atoms with Crippen molar-refractivity contribution in [2.75, 3.05) is 0 Å². The minimum absolute atomic E-state index is 0.0921. The first-order valence-corrected chi connectivity index (χ1v) is 18.9. The third-order valence-electron chi connectivity index (χ3n) is 8.02. The Morgan fingerprint density at radius 1 is 0.280 bits per heavy atom. The molecule has 3 aromatic carbocycles. The first-order chi connectivity index (χ1) is 23.9. The van der Waals surface area contributed by atoms with Gasteiger partial charge in [-0.25, -0.2) is 43.9 Å². The minimum atomic E-state index is -2.21. The van der Waals surface area contributed by atoms with E-state index in [0.29, 0.717) is 9.75 Å². The van der Waals surface area contributed by atoms with Crippen LogP contribution in [0.25, 0.3) is 79.4 Å². The van der Waals surface area contributed by atoms with Gasteiger partial charge < -0.3 is 0 Å². The lowest BCUT2D eigenvalue weighted by Gasteiger charge is -2.06. The molecule has 0 saturated heterocycles. The van der Waals surface area contributed by atoms with Crippen molar-refractivity contribution in [2.45, 2.75) is 0 Å². The number of hydrogen-bond acceptors (Lipinski definition) is 6. The summed E-state index contributed by atoms with van der Waals surface area (Å²) in [7, 11) is 0. The van der Waals surface area contributed by atoms with E-state index in [-0.39, 0.29) is 9.75 Å².